The fraction of sp³-hybridized carbons (Fsp3) is 0.391. The van der Waals surface area contributed by atoms with Gasteiger partial charge in [-0.15, -0.1) is 0 Å². The van der Waals surface area contributed by atoms with Gasteiger partial charge in [0.05, 0.1) is 38.1 Å². The Labute approximate surface area is 187 Å². The smallest absolute Gasteiger partial charge is 0.269 e. The zero-order chi connectivity index (χ0) is 23.1. The Hall–Kier alpha value is -3.48. The molecule has 2 heterocycles. The molecule has 0 unspecified atom stereocenters. The summed E-state index contributed by atoms with van der Waals surface area (Å²) >= 11 is 0. The number of likely N-dealkylation sites (N-methyl/N-ethyl adjacent to an activating group) is 1. The molecule has 9 nitrogen and oxygen atoms in total. The van der Waals surface area contributed by atoms with Crippen molar-refractivity contribution in [1.82, 2.24) is 14.9 Å². The highest BCUT2D eigenvalue weighted by molar-refractivity contribution is 5.96. The fourth-order valence-corrected chi connectivity index (χ4v) is 3.07. The third-order valence-corrected chi connectivity index (χ3v) is 5.08. The number of carbonyl (C=O) groups excluding carboxylic acids is 2. The third-order valence-electron chi connectivity index (χ3n) is 5.08. The van der Waals surface area contributed by atoms with Gasteiger partial charge in [0, 0.05) is 36.7 Å². The van der Waals surface area contributed by atoms with Gasteiger partial charge in [0.2, 0.25) is 5.91 Å². The Kier molecular flexibility index (Phi) is 7.41. The molecule has 4 N–H and O–H groups in total. The first-order valence-corrected chi connectivity index (χ1v) is 10.2. The van der Waals surface area contributed by atoms with E-state index < -0.39 is 5.91 Å². The molecule has 0 bridgehead atoms. The molecule has 168 valence electrons. The van der Waals surface area contributed by atoms with Crippen molar-refractivity contribution in [1.29, 1.82) is 0 Å². The van der Waals surface area contributed by atoms with Crippen molar-refractivity contribution in [2.24, 2.45) is 11.1 Å². The van der Waals surface area contributed by atoms with E-state index in [0.717, 1.165) is 0 Å². The minimum absolute atomic E-state index is 0.00880. The Morgan fingerprint density at radius 2 is 2.16 bits per heavy atom. The molecule has 0 aliphatic carbocycles. The number of nitrogens with one attached hydrogen (secondary N) is 1. The molecule has 0 radical (unpaired) electrons. The number of aliphatic hydroxyl groups is 1. The van der Waals surface area contributed by atoms with Gasteiger partial charge in [0.15, 0.2) is 11.5 Å². The number of nitrogens with zero attached hydrogens (tertiary/aromatic N) is 3. The average molecular weight is 438 g/mol. The van der Waals surface area contributed by atoms with Crippen molar-refractivity contribution in [2.45, 2.75) is 13.3 Å². The predicted molar refractivity (Wildman–Crippen MR) is 120 cm³/mol. The Morgan fingerprint density at radius 3 is 2.81 bits per heavy atom. The lowest BCUT2D eigenvalue weighted by atomic mass is 9.88. The normalized spacial score (nSPS) is 14.0. The van der Waals surface area contributed by atoms with Gasteiger partial charge in [0.25, 0.3) is 5.91 Å². The van der Waals surface area contributed by atoms with Gasteiger partial charge < -0.3 is 25.8 Å². The van der Waals surface area contributed by atoms with Crippen LogP contribution in [0.1, 0.15) is 29.4 Å². The van der Waals surface area contributed by atoms with Crippen LogP contribution in [0.4, 0.5) is 5.69 Å². The van der Waals surface area contributed by atoms with Crippen molar-refractivity contribution >= 4 is 17.5 Å². The van der Waals surface area contributed by atoms with Crippen LogP contribution < -0.4 is 11.1 Å². The van der Waals surface area contributed by atoms with Crippen LogP contribution in [-0.4, -0.2) is 71.7 Å². The van der Waals surface area contributed by atoms with E-state index >= 15 is 0 Å². The largest absolute Gasteiger partial charge is 0.395 e. The Morgan fingerprint density at radius 1 is 1.38 bits per heavy atom. The first kappa shape index (κ1) is 23.2. The van der Waals surface area contributed by atoms with Gasteiger partial charge in [-0.25, -0.2) is 9.97 Å². The number of nitrogens with two attached hydrogens (primary N) is 1. The van der Waals surface area contributed by atoms with Crippen LogP contribution in [-0.2, 0) is 9.53 Å². The molecule has 1 saturated heterocycles. The van der Waals surface area contributed by atoms with Gasteiger partial charge >= 0.3 is 0 Å². The molecule has 1 aliphatic heterocycles. The molecule has 1 aromatic heterocycles. The molecular weight excluding hydrogens is 410 g/mol. The SMILES string of the molecule is CN(CCO)C(=O)CC#Cc1cccc(-c2ncc(NCC3(C)COC3)c(C(N)=O)n2)c1. The topological polar surface area (TPSA) is 131 Å². The zero-order valence-electron chi connectivity index (χ0n) is 18.2. The molecular formula is C23H27N5O4. The molecule has 0 atom stereocenters. The number of aromatic nitrogens is 2. The second-order valence-electron chi connectivity index (χ2n) is 8.08. The van der Waals surface area contributed by atoms with Crippen molar-refractivity contribution in [2.75, 3.05) is 45.3 Å². The summed E-state index contributed by atoms with van der Waals surface area (Å²) in [5, 5.41) is 12.1. The lowest BCUT2D eigenvalue weighted by molar-refractivity contribution is -0.129. The highest BCUT2D eigenvalue weighted by atomic mass is 16.5. The first-order chi connectivity index (χ1) is 15.3. The molecule has 32 heavy (non-hydrogen) atoms. The second-order valence-corrected chi connectivity index (χ2v) is 8.08. The van der Waals surface area contributed by atoms with E-state index in [1.165, 1.54) is 4.90 Å². The quantitative estimate of drug-likeness (QED) is 0.523. The summed E-state index contributed by atoms with van der Waals surface area (Å²) in [6, 6.07) is 7.21. The summed E-state index contributed by atoms with van der Waals surface area (Å²) in [7, 11) is 1.62. The molecule has 0 spiro atoms. The number of anilines is 1. The molecule has 3 rings (SSSR count). The maximum absolute atomic E-state index is 12.0. The number of aliphatic hydroxyl groups excluding tert-OH is 1. The number of primary amides is 1. The molecule has 1 aliphatic rings. The maximum atomic E-state index is 12.0. The molecule has 2 amide bonds. The Balaban J connectivity index is 1.75. The molecule has 0 saturated carbocycles. The molecule has 9 heteroatoms. The fourth-order valence-electron chi connectivity index (χ4n) is 3.07. The number of benzene rings is 1. The van der Waals surface area contributed by atoms with E-state index in [-0.39, 0.29) is 36.6 Å². The number of ether oxygens (including phenoxy) is 1. The van der Waals surface area contributed by atoms with Crippen LogP contribution in [0.2, 0.25) is 0 Å². The minimum Gasteiger partial charge on any atom is -0.395 e. The number of hydrogen-bond acceptors (Lipinski definition) is 7. The summed E-state index contributed by atoms with van der Waals surface area (Å²) in [5.74, 6) is 5.33. The summed E-state index contributed by atoms with van der Waals surface area (Å²) in [6.45, 7) is 4.20. The number of carbonyl (C=O) groups is 2. The molecule has 1 aromatic carbocycles. The monoisotopic (exact) mass is 437 g/mol. The molecule has 1 fully saturated rings. The van der Waals surface area contributed by atoms with Crippen LogP contribution in [0, 0.1) is 17.3 Å². The van der Waals surface area contributed by atoms with E-state index in [1.54, 1.807) is 25.4 Å². The highest BCUT2D eigenvalue weighted by Crippen LogP contribution is 2.27. The summed E-state index contributed by atoms with van der Waals surface area (Å²) in [5.41, 5.74) is 7.52. The lowest BCUT2D eigenvalue weighted by Crippen LogP contribution is -2.45. The van der Waals surface area contributed by atoms with E-state index in [1.807, 2.05) is 12.1 Å². The van der Waals surface area contributed by atoms with Crippen LogP contribution in [0.25, 0.3) is 11.4 Å². The van der Waals surface area contributed by atoms with E-state index in [9.17, 15) is 9.59 Å². The van der Waals surface area contributed by atoms with E-state index in [4.69, 9.17) is 15.6 Å². The van der Waals surface area contributed by atoms with Gasteiger partial charge in [-0.05, 0) is 12.1 Å². The van der Waals surface area contributed by atoms with Crippen LogP contribution in [0.15, 0.2) is 30.5 Å². The second kappa shape index (κ2) is 10.2. The summed E-state index contributed by atoms with van der Waals surface area (Å²) < 4.78 is 5.25. The van der Waals surface area contributed by atoms with Crippen LogP contribution >= 0.6 is 0 Å². The summed E-state index contributed by atoms with van der Waals surface area (Å²) in [4.78, 5) is 34.1. The zero-order valence-corrected chi connectivity index (χ0v) is 18.2. The lowest BCUT2D eigenvalue weighted by Gasteiger charge is -2.38. The number of amides is 2. The summed E-state index contributed by atoms with van der Waals surface area (Å²) in [6.07, 6.45) is 1.60. The predicted octanol–water partition coefficient (Wildman–Crippen LogP) is 0.883. The van der Waals surface area contributed by atoms with Crippen LogP contribution in [0.5, 0.6) is 0 Å². The van der Waals surface area contributed by atoms with E-state index in [2.05, 4.69) is 34.0 Å². The number of rotatable bonds is 8. The minimum atomic E-state index is -0.646. The van der Waals surface area contributed by atoms with E-state index in [0.29, 0.717) is 42.4 Å². The standard InChI is InChI=1S/C23H27N5O4/c1-23(14-32-15-23)13-26-18-12-25-22(27-20(18)21(24)31)17-7-3-5-16(11-17)6-4-8-19(30)28(2)9-10-29/h3,5,7,11-12,26,29H,8-10,13-15H2,1-2H3,(H2,24,31). The third kappa shape index (κ3) is 5.81. The Bertz CT molecular complexity index is 1060. The van der Waals surface area contributed by atoms with Gasteiger partial charge in [0.1, 0.15) is 0 Å². The first-order valence-electron chi connectivity index (χ1n) is 10.2. The molecule has 2 aromatic rings. The van der Waals surface area contributed by atoms with Crippen molar-refractivity contribution in [3.8, 4) is 23.2 Å². The van der Waals surface area contributed by atoms with Crippen molar-refractivity contribution < 1.29 is 19.4 Å². The maximum Gasteiger partial charge on any atom is 0.269 e. The van der Waals surface area contributed by atoms with Crippen LogP contribution in [0.3, 0.4) is 0 Å². The number of hydrogen-bond donors (Lipinski definition) is 3. The van der Waals surface area contributed by atoms with Crippen molar-refractivity contribution in [3.63, 3.8) is 0 Å². The van der Waals surface area contributed by atoms with Gasteiger partial charge in [-0.2, -0.15) is 0 Å². The van der Waals surface area contributed by atoms with Crippen molar-refractivity contribution in [3.05, 3.63) is 41.7 Å². The van der Waals surface area contributed by atoms with Gasteiger partial charge in [-0.1, -0.05) is 30.9 Å². The average Bonchev–Trinajstić information content (AvgIpc) is 2.76. The highest BCUT2D eigenvalue weighted by Gasteiger charge is 2.33. The van der Waals surface area contributed by atoms with Gasteiger partial charge in [-0.3, -0.25) is 9.59 Å².